The number of carbonyl (C=O) groups excluding carboxylic acids is 1. The Kier molecular flexibility index (Phi) is 9.45. The Morgan fingerprint density at radius 3 is 2.85 bits per heavy atom. The van der Waals surface area contributed by atoms with E-state index in [1.807, 2.05) is 19.1 Å². The number of hydrogen-bond acceptors (Lipinski definition) is 5. The van der Waals surface area contributed by atoms with Gasteiger partial charge in [0.15, 0.2) is 5.96 Å². The molecule has 0 saturated carbocycles. The highest BCUT2D eigenvalue weighted by atomic mass is 16.5. The van der Waals surface area contributed by atoms with Crippen molar-refractivity contribution < 1.29 is 13.9 Å². The van der Waals surface area contributed by atoms with Gasteiger partial charge in [0.25, 0.3) is 5.91 Å². The number of aliphatic imine (C=N–C) groups is 1. The molecule has 8 nitrogen and oxygen atoms in total. The van der Waals surface area contributed by atoms with Crippen LogP contribution in [-0.2, 0) is 11.3 Å². The van der Waals surface area contributed by atoms with Crippen LogP contribution in [0.4, 0.5) is 0 Å². The van der Waals surface area contributed by atoms with Crippen molar-refractivity contribution in [1.82, 2.24) is 20.9 Å². The Bertz CT molecular complexity index is 674. The molecule has 2 aromatic rings. The zero-order chi connectivity index (χ0) is 19.2. The number of furan rings is 1. The highest BCUT2D eigenvalue weighted by Crippen LogP contribution is 2.01. The van der Waals surface area contributed by atoms with E-state index in [4.69, 9.17) is 9.15 Å². The minimum absolute atomic E-state index is 0.138. The number of amides is 1. The number of nitrogens with one attached hydrogen (secondary N) is 3. The van der Waals surface area contributed by atoms with Crippen LogP contribution in [0.5, 0.6) is 0 Å². The maximum Gasteiger partial charge on any atom is 0.252 e. The fourth-order valence-corrected chi connectivity index (χ4v) is 2.22. The number of rotatable bonds is 11. The number of pyridine rings is 1. The third-order valence-electron chi connectivity index (χ3n) is 3.51. The van der Waals surface area contributed by atoms with Crippen LogP contribution in [0, 0.1) is 0 Å². The predicted molar refractivity (Wildman–Crippen MR) is 104 cm³/mol. The lowest BCUT2D eigenvalue weighted by atomic mass is 10.3. The van der Waals surface area contributed by atoms with Gasteiger partial charge in [-0.1, -0.05) is 0 Å². The van der Waals surface area contributed by atoms with Gasteiger partial charge in [-0.25, -0.2) is 0 Å². The van der Waals surface area contributed by atoms with Crippen LogP contribution in [0.1, 0.15) is 29.5 Å². The molecule has 0 aromatic carbocycles. The summed E-state index contributed by atoms with van der Waals surface area (Å²) >= 11 is 0. The van der Waals surface area contributed by atoms with Crippen molar-refractivity contribution in [1.29, 1.82) is 0 Å². The topological polar surface area (TPSA) is 101 Å². The normalized spacial score (nSPS) is 11.2. The number of ether oxygens (including phenoxy) is 1. The van der Waals surface area contributed by atoms with E-state index in [-0.39, 0.29) is 5.91 Å². The molecule has 0 fully saturated rings. The van der Waals surface area contributed by atoms with Crippen LogP contribution in [0.3, 0.4) is 0 Å². The van der Waals surface area contributed by atoms with E-state index in [0.29, 0.717) is 38.4 Å². The lowest BCUT2D eigenvalue weighted by molar-refractivity contribution is 0.0954. The van der Waals surface area contributed by atoms with Gasteiger partial charge in [0, 0.05) is 45.2 Å². The minimum atomic E-state index is -0.138. The van der Waals surface area contributed by atoms with E-state index < -0.39 is 0 Å². The van der Waals surface area contributed by atoms with Gasteiger partial charge in [-0.3, -0.25) is 14.8 Å². The van der Waals surface area contributed by atoms with Gasteiger partial charge in [-0.15, -0.1) is 0 Å². The van der Waals surface area contributed by atoms with Gasteiger partial charge in [0.1, 0.15) is 12.4 Å². The first kappa shape index (κ1) is 20.4. The number of carbonyl (C=O) groups is 1. The Morgan fingerprint density at radius 1 is 1.22 bits per heavy atom. The third-order valence-corrected chi connectivity index (χ3v) is 3.51. The largest absolute Gasteiger partial charge is 0.467 e. The SMILES string of the molecule is CCNC(=NCCCOCc1ccco1)NCCNC(=O)c1cccnc1. The summed E-state index contributed by atoms with van der Waals surface area (Å²) in [5.74, 6) is 1.40. The molecule has 2 heterocycles. The second kappa shape index (κ2) is 12.5. The molecule has 2 rings (SSSR count). The number of nitrogens with zero attached hydrogens (tertiary/aromatic N) is 2. The summed E-state index contributed by atoms with van der Waals surface area (Å²) in [6, 6.07) is 7.20. The predicted octanol–water partition coefficient (Wildman–Crippen LogP) is 1.57. The van der Waals surface area contributed by atoms with E-state index in [2.05, 4.69) is 25.9 Å². The first-order valence-corrected chi connectivity index (χ1v) is 9.10. The summed E-state index contributed by atoms with van der Waals surface area (Å²) in [4.78, 5) is 20.4. The molecule has 0 radical (unpaired) electrons. The van der Waals surface area contributed by atoms with Gasteiger partial charge >= 0.3 is 0 Å². The van der Waals surface area contributed by atoms with Crippen LogP contribution in [0.2, 0.25) is 0 Å². The quantitative estimate of drug-likeness (QED) is 0.314. The fourth-order valence-electron chi connectivity index (χ4n) is 2.22. The fraction of sp³-hybridized carbons (Fsp3) is 0.421. The molecular formula is C19H27N5O3. The minimum Gasteiger partial charge on any atom is -0.467 e. The Morgan fingerprint density at radius 2 is 2.11 bits per heavy atom. The van der Waals surface area contributed by atoms with Gasteiger partial charge < -0.3 is 25.1 Å². The van der Waals surface area contributed by atoms with Crippen molar-refractivity contribution in [3.05, 3.63) is 54.2 Å². The van der Waals surface area contributed by atoms with Crippen molar-refractivity contribution >= 4 is 11.9 Å². The van der Waals surface area contributed by atoms with E-state index >= 15 is 0 Å². The average Bonchev–Trinajstić information content (AvgIpc) is 3.21. The van der Waals surface area contributed by atoms with Crippen LogP contribution in [-0.4, -0.2) is 49.6 Å². The summed E-state index contributed by atoms with van der Waals surface area (Å²) in [5, 5.41) is 9.21. The van der Waals surface area contributed by atoms with E-state index in [1.165, 1.54) is 0 Å². The lowest BCUT2D eigenvalue weighted by Gasteiger charge is -2.12. The molecule has 0 atom stereocenters. The summed E-state index contributed by atoms with van der Waals surface area (Å²) in [6.45, 7) is 5.58. The molecule has 8 heteroatoms. The van der Waals surface area contributed by atoms with Gasteiger partial charge in [-0.05, 0) is 37.6 Å². The molecule has 3 N–H and O–H groups in total. The van der Waals surface area contributed by atoms with Crippen molar-refractivity contribution in [2.45, 2.75) is 20.0 Å². The average molecular weight is 373 g/mol. The monoisotopic (exact) mass is 373 g/mol. The van der Waals surface area contributed by atoms with Crippen LogP contribution in [0.15, 0.2) is 52.3 Å². The Labute approximate surface area is 159 Å². The van der Waals surface area contributed by atoms with Gasteiger partial charge in [-0.2, -0.15) is 0 Å². The summed E-state index contributed by atoms with van der Waals surface area (Å²) in [5.41, 5.74) is 0.549. The number of hydrogen-bond donors (Lipinski definition) is 3. The Balaban J connectivity index is 1.59. The molecule has 0 saturated heterocycles. The number of guanidine groups is 1. The van der Waals surface area contributed by atoms with Crippen LogP contribution >= 0.6 is 0 Å². The molecule has 0 bridgehead atoms. The molecule has 0 aliphatic heterocycles. The molecule has 0 aliphatic rings. The highest BCUT2D eigenvalue weighted by molar-refractivity contribution is 5.93. The summed E-state index contributed by atoms with van der Waals surface area (Å²) in [6.07, 6.45) is 5.63. The van der Waals surface area contributed by atoms with Gasteiger partial charge in [0.2, 0.25) is 0 Å². The smallest absolute Gasteiger partial charge is 0.252 e. The first-order chi connectivity index (χ1) is 13.3. The zero-order valence-electron chi connectivity index (χ0n) is 15.6. The lowest BCUT2D eigenvalue weighted by Crippen LogP contribution is -2.41. The van der Waals surface area contributed by atoms with Crippen LogP contribution < -0.4 is 16.0 Å². The van der Waals surface area contributed by atoms with Crippen molar-refractivity contribution in [3.63, 3.8) is 0 Å². The second-order valence-corrected chi connectivity index (χ2v) is 5.67. The molecule has 2 aromatic heterocycles. The molecule has 0 spiro atoms. The van der Waals surface area contributed by atoms with E-state index in [9.17, 15) is 4.79 Å². The van der Waals surface area contributed by atoms with E-state index in [0.717, 1.165) is 24.7 Å². The van der Waals surface area contributed by atoms with Gasteiger partial charge in [0.05, 0.1) is 11.8 Å². The zero-order valence-corrected chi connectivity index (χ0v) is 15.6. The van der Waals surface area contributed by atoms with Crippen LogP contribution in [0.25, 0.3) is 0 Å². The third kappa shape index (κ3) is 8.37. The maximum absolute atomic E-state index is 11.9. The van der Waals surface area contributed by atoms with Crippen molar-refractivity contribution in [2.24, 2.45) is 4.99 Å². The van der Waals surface area contributed by atoms with E-state index in [1.54, 1.807) is 30.8 Å². The second-order valence-electron chi connectivity index (χ2n) is 5.67. The molecule has 27 heavy (non-hydrogen) atoms. The first-order valence-electron chi connectivity index (χ1n) is 9.10. The molecule has 0 aliphatic carbocycles. The summed E-state index contributed by atoms with van der Waals surface area (Å²) < 4.78 is 10.7. The maximum atomic E-state index is 11.9. The Hall–Kier alpha value is -2.87. The molecule has 146 valence electrons. The standard InChI is InChI=1S/C19H27N5O3/c1-2-21-19(23-9-5-12-26-15-17-7-4-13-27-17)24-11-10-22-18(25)16-6-3-8-20-14-16/h3-4,6-8,13-14H,2,5,9-12,15H2,1H3,(H,22,25)(H2,21,23,24). The van der Waals surface area contributed by atoms with Crippen molar-refractivity contribution in [2.75, 3.05) is 32.8 Å². The molecule has 1 amide bonds. The molecule has 0 unspecified atom stereocenters. The van der Waals surface area contributed by atoms with Crippen molar-refractivity contribution in [3.8, 4) is 0 Å². The molecular weight excluding hydrogens is 346 g/mol. The highest BCUT2D eigenvalue weighted by Gasteiger charge is 2.04. The summed E-state index contributed by atoms with van der Waals surface area (Å²) in [7, 11) is 0. The number of aromatic nitrogens is 1.